The van der Waals surface area contributed by atoms with Gasteiger partial charge < -0.3 is 12.6 Å². The van der Waals surface area contributed by atoms with Crippen LogP contribution in [0.5, 0.6) is 0 Å². The summed E-state index contributed by atoms with van der Waals surface area (Å²) in [5, 5.41) is 0. The first-order chi connectivity index (χ1) is 5.33. The van der Waals surface area contributed by atoms with Crippen LogP contribution in [0.2, 0.25) is 0 Å². The van der Waals surface area contributed by atoms with Crippen LogP contribution in [0.1, 0.15) is 59.3 Å². The predicted molar refractivity (Wildman–Crippen MR) is 57.0 cm³/mol. The maximum atomic E-state index is 4.39. The molecule has 0 aromatic heterocycles. The Hall–Kier alpha value is 1.01. The van der Waals surface area contributed by atoms with Gasteiger partial charge in [0.2, 0.25) is 0 Å². The molecule has 0 aliphatic rings. The van der Waals surface area contributed by atoms with Gasteiger partial charge in [-0.2, -0.15) is 5.75 Å². The van der Waals surface area contributed by atoms with E-state index in [4.69, 9.17) is 0 Å². The first-order valence-corrected chi connectivity index (χ1v) is 5.49. The summed E-state index contributed by atoms with van der Waals surface area (Å²) in [4.78, 5) is 0. The molecule has 0 saturated carbocycles. The fourth-order valence-electron chi connectivity index (χ4n) is 0.854. The van der Waals surface area contributed by atoms with E-state index in [0.29, 0.717) is 0 Å². The van der Waals surface area contributed by atoms with Crippen LogP contribution in [-0.2, 0) is 33.1 Å². The Kier molecular flexibility index (Phi) is 35.4. The standard InChI is InChI=1S/C8H18.C2H6S.Re/c1-3-5-7-8-6-4-2;1-2-3;/h3-8H2,1-2H3;3H,2H2,1H3;/p-1. The normalized spacial score (nSPS) is 8.00. The first kappa shape index (κ1) is 18.7. The topological polar surface area (TPSA) is 0 Å². The third kappa shape index (κ3) is 30.5. The largest absolute Gasteiger partial charge is 0.793 e. The molecule has 0 rings (SSSR count). The Labute approximate surface area is 98.0 Å². The Morgan fingerprint density at radius 1 is 0.750 bits per heavy atom. The van der Waals surface area contributed by atoms with Gasteiger partial charge in [-0.15, -0.1) is 0 Å². The van der Waals surface area contributed by atoms with Crippen molar-refractivity contribution in [3.05, 3.63) is 0 Å². The molecule has 0 unspecified atom stereocenters. The number of hydrogen-bond acceptors (Lipinski definition) is 1. The second-order valence-corrected chi connectivity index (χ2v) is 3.28. The van der Waals surface area contributed by atoms with Crippen LogP contribution in [0.15, 0.2) is 0 Å². The van der Waals surface area contributed by atoms with Gasteiger partial charge in [-0.05, 0) is 0 Å². The van der Waals surface area contributed by atoms with Gasteiger partial charge in [0.25, 0.3) is 0 Å². The van der Waals surface area contributed by atoms with Crippen LogP contribution >= 0.6 is 0 Å². The number of rotatable bonds is 5. The molecule has 0 spiro atoms. The SMILES string of the molecule is CCCCCCCC.CC[S-].[Re]. The molecule has 0 fully saturated rings. The van der Waals surface area contributed by atoms with Crippen molar-refractivity contribution in [3.8, 4) is 0 Å². The van der Waals surface area contributed by atoms with E-state index in [2.05, 4.69) is 26.5 Å². The molecule has 0 saturated heterocycles. The molecular weight excluding hydrogens is 338 g/mol. The maximum absolute atomic E-state index is 4.39. The molecule has 0 aliphatic heterocycles. The average Bonchev–Trinajstić information content (AvgIpc) is 2.00. The fraction of sp³-hybridized carbons (Fsp3) is 1.00. The molecule has 1 radical (unpaired) electrons. The summed E-state index contributed by atoms with van der Waals surface area (Å²) < 4.78 is 0. The molecule has 0 N–H and O–H groups in total. The molecule has 12 heavy (non-hydrogen) atoms. The molecule has 0 aromatic rings. The maximum Gasteiger partial charge on any atom is 0 e. The van der Waals surface area contributed by atoms with E-state index in [1.165, 1.54) is 38.5 Å². The van der Waals surface area contributed by atoms with Crippen LogP contribution in [0.3, 0.4) is 0 Å². The Morgan fingerprint density at radius 3 is 1.17 bits per heavy atom. The van der Waals surface area contributed by atoms with E-state index in [1.54, 1.807) is 0 Å². The summed E-state index contributed by atoms with van der Waals surface area (Å²) in [6.45, 7) is 6.45. The second kappa shape index (κ2) is 22.7. The third-order valence-corrected chi connectivity index (χ3v) is 1.46. The van der Waals surface area contributed by atoms with Crippen molar-refractivity contribution in [2.24, 2.45) is 0 Å². The van der Waals surface area contributed by atoms with Gasteiger partial charge >= 0.3 is 0 Å². The minimum absolute atomic E-state index is 0. The van der Waals surface area contributed by atoms with Crippen molar-refractivity contribution in [2.45, 2.75) is 59.3 Å². The summed E-state index contributed by atoms with van der Waals surface area (Å²) in [6, 6.07) is 0. The van der Waals surface area contributed by atoms with Crippen LogP contribution < -0.4 is 0 Å². The van der Waals surface area contributed by atoms with Gasteiger partial charge in [-0.3, -0.25) is 0 Å². The molecule has 0 amide bonds. The zero-order chi connectivity index (χ0) is 8.95. The van der Waals surface area contributed by atoms with Crippen LogP contribution in [-0.4, -0.2) is 5.75 Å². The summed E-state index contributed by atoms with van der Waals surface area (Å²) in [6.07, 6.45) is 8.49. The molecule has 0 aliphatic carbocycles. The Balaban J connectivity index is -0.000000177. The predicted octanol–water partition coefficient (Wildman–Crippen LogP) is 3.92. The summed E-state index contributed by atoms with van der Waals surface area (Å²) >= 11 is 4.39. The average molecular weight is 362 g/mol. The van der Waals surface area contributed by atoms with Gasteiger partial charge in [0.15, 0.2) is 0 Å². The third-order valence-electron chi connectivity index (χ3n) is 1.46. The van der Waals surface area contributed by atoms with Gasteiger partial charge in [0, 0.05) is 20.4 Å². The molecule has 77 valence electrons. The molecule has 0 bridgehead atoms. The zero-order valence-corrected chi connectivity index (χ0v) is 12.3. The van der Waals surface area contributed by atoms with E-state index in [0.717, 1.165) is 5.75 Å². The summed E-state index contributed by atoms with van der Waals surface area (Å²) in [5.74, 6) is 0.833. The number of hydrogen-bond donors (Lipinski definition) is 0. The monoisotopic (exact) mass is 362 g/mol. The van der Waals surface area contributed by atoms with Crippen molar-refractivity contribution in [1.82, 2.24) is 0 Å². The van der Waals surface area contributed by atoms with Gasteiger partial charge in [-0.25, -0.2) is 0 Å². The van der Waals surface area contributed by atoms with Gasteiger partial charge in [0.05, 0.1) is 0 Å². The molecule has 0 nitrogen and oxygen atoms in total. The van der Waals surface area contributed by atoms with Crippen LogP contribution in [0.4, 0.5) is 0 Å². The van der Waals surface area contributed by atoms with E-state index in [9.17, 15) is 0 Å². The summed E-state index contributed by atoms with van der Waals surface area (Å²) in [5.41, 5.74) is 0. The molecule has 0 aromatic carbocycles. The van der Waals surface area contributed by atoms with Crippen molar-refractivity contribution in [1.29, 1.82) is 0 Å². The molecular formula is C10H23ReS-. The van der Waals surface area contributed by atoms with E-state index < -0.39 is 0 Å². The fourth-order valence-corrected chi connectivity index (χ4v) is 0.854. The van der Waals surface area contributed by atoms with Crippen LogP contribution in [0, 0.1) is 0 Å². The van der Waals surface area contributed by atoms with Gasteiger partial charge in [0.1, 0.15) is 0 Å². The van der Waals surface area contributed by atoms with Gasteiger partial charge in [-0.1, -0.05) is 59.3 Å². The minimum atomic E-state index is 0. The molecule has 0 atom stereocenters. The summed E-state index contributed by atoms with van der Waals surface area (Å²) in [7, 11) is 0. The molecule has 0 heterocycles. The number of unbranched alkanes of at least 4 members (excludes halogenated alkanes) is 5. The Bertz CT molecular complexity index is 43.1. The zero-order valence-electron chi connectivity index (χ0n) is 8.74. The minimum Gasteiger partial charge on any atom is -0.793 e. The van der Waals surface area contributed by atoms with Crippen LogP contribution in [0.25, 0.3) is 0 Å². The molecule has 2 heteroatoms. The van der Waals surface area contributed by atoms with E-state index in [-0.39, 0.29) is 20.4 Å². The van der Waals surface area contributed by atoms with Crippen molar-refractivity contribution < 1.29 is 20.4 Å². The van der Waals surface area contributed by atoms with Crippen molar-refractivity contribution in [3.63, 3.8) is 0 Å². The Morgan fingerprint density at radius 2 is 1.00 bits per heavy atom. The quantitative estimate of drug-likeness (QED) is 0.528. The second-order valence-electron chi connectivity index (χ2n) is 2.70. The van der Waals surface area contributed by atoms with E-state index >= 15 is 0 Å². The van der Waals surface area contributed by atoms with E-state index in [1.807, 2.05) is 6.92 Å². The smallest absolute Gasteiger partial charge is 0 e. The van der Waals surface area contributed by atoms with Crippen molar-refractivity contribution in [2.75, 3.05) is 5.75 Å². The first-order valence-electron chi connectivity index (χ1n) is 4.91. The van der Waals surface area contributed by atoms with Crippen molar-refractivity contribution >= 4 is 12.6 Å².